The molecule has 23 heavy (non-hydrogen) atoms. The van der Waals surface area contributed by atoms with Crippen molar-refractivity contribution in [3.63, 3.8) is 0 Å². The predicted molar refractivity (Wildman–Crippen MR) is 105 cm³/mol. The number of aryl methyl sites for hydroxylation is 1. The van der Waals surface area contributed by atoms with E-state index in [-0.39, 0.29) is 0 Å². The van der Waals surface area contributed by atoms with Crippen molar-refractivity contribution in [3.8, 4) is 22.3 Å². The molecule has 120 valence electrons. The Morgan fingerprint density at radius 1 is 0.435 bits per heavy atom. The van der Waals surface area contributed by atoms with Crippen LogP contribution in [0, 0.1) is 6.92 Å². The molecule has 0 amide bonds. The first-order chi connectivity index (χ1) is 11.3. The molecule has 0 N–H and O–H groups in total. The van der Waals surface area contributed by atoms with Gasteiger partial charge in [-0.15, -0.1) is 0 Å². The van der Waals surface area contributed by atoms with Gasteiger partial charge < -0.3 is 0 Å². The molecular weight excluding hydrogens is 276 g/mol. The van der Waals surface area contributed by atoms with Crippen molar-refractivity contribution in [2.75, 3.05) is 0 Å². The minimum absolute atomic E-state index is 1.27. The molecule has 0 saturated heterocycles. The first-order valence-electron chi connectivity index (χ1n) is 8.55. The van der Waals surface area contributed by atoms with Crippen LogP contribution in [0.3, 0.4) is 0 Å². The number of benzene rings is 3. The fraction of sp³-hybridized carbons (Fsp3) is 0.217. The van der Waals surface area contributed by atoms with Crippen LogP contribution in [0.5, 0.6) is 0 Å². The molecule has 0 aliphatic heterocycles. The lowest BCUT2D eigenvalue weighted by Gasteiger charge is -2.08. The minimum Gasteiger partial charge on any atom is -0.0683 e. The van der Waals surface area contributed by atoms with Crippen LogP contribution < -0.4 is 0 Å². The second-order valence-corrected chi connectivity index (χ2v) is 4.82. The lowest BCUT2D eigenvalue weighted by atomic mass is 9.97. The molecule has 0 atom stereocenters. The molecule has 0 radical (unpaired) electrons. The SMILES string of the molecule is CC.CC.Cc1cc(-c2ccccc2)cc(-c2ccccc2)c1. The Morgan fingerprint density at radius 3 is 1.13 bits per heavy atom. The van der Waals surface area contributed by atoms with Gasteiger partial charge in [-0.3, -0.25) is 0 Å². The molecule has 0 aromatic heterocycles. The third-order valence-corrected chi connectivity index (χ3v) is 3.29. The van der Waals surface area contributed by atoms with Crippen LogP contribution >= 0.6 is 0 Å². The van der Waals surface area contributed by atoms with Crippen LogP contribution in [0.15, 0.2) is 78.9 Å². The Labute approximate surface area is 141 Å². The molecule has 0 saturated carbocycles. The summed E-state index contributed by atoms with van der Waals surface area (Å²) in [5.74, 6) is 0. The van der Waals surface area contributed by atoms with Crippen LogP contribution in [0.2, 0.25) is 0 Å². The van der Waals surface area contributed by atoms with Crippen molar-refractivity contribution in [1.82, 2.24) is 0 Å². The van der Waals surface area contributed by atoms with E-state index >= 15 is 0 Å². The van der Waals surface area contributed by atoms with E-state index in [9.17, 15) is 0 Å². The van der Waals surface area contributed by atoms with E-state index in [2.05, 4.69) is 85.8 Å². The quantitative estimate of drug-likeness (QED) is 0.463. The molecule has 3 aromatic rings. The molecule has 0 heteroatoms. The summed E-state index contributed by atoms with van der Waals surface area (Å²) in [6.07, 6.45) is 0. The van der Waals surface area contributed by atoms with E-state index in [0.717, 1.165) is 0 Å². The molecule has 0 aliphatic carbocycles. The van der Waals surface area contributed by atoms with Crippen molar-refractivity contribution < 1.29 is 0 Å². The second kappa shape index (κ2) is 10.4. The molecule has 0 fully saturated rings. The molecule has 0 bridgehead atoms. The van der Waals surface area contributed by atoms with E-state index in [0.29, 0.717) is 0 Å². The summed E-state index contributed by atoms with van der Waals surface area (Å²) in [6, 6.07) is 27.8. The highest BCUT2D eigenvalue weighted by atomic mass is 14.1. The summed E-state index contributed by atoms with van der Waals surface area (Å²) >= 11 is 0. The molecule has 3 aromatic carbocycles. The van der Waals surface area contributed by atoms with Gasteiger partial charge in [-0.2, -0.15) is 0 Å². The summed E-state index contributed by atoms with van der Waals surface area (Å²) in [5, 5.41) is 0. The first-order valence-corrected chi connectivity index (χ1v) is 8.55. The topological polar surface area (TPSA) is 0 Å². The number of rotatable bonds is 2. The van der Waals surface area contributed by atoms with Gasteiger partial charge in [-0.1, -0.05) is 100 Å². The van der Waals surface area contributed by atoms with Gasteiger partial charge in [0.2, 0.25) is 0 Å². The summed E-state index contributed by atoms with van der Waals surface area (Å²) in [5.41, 5.74) is 6.38. The predicted octanol–water partition coefficient (Wildman–Crippen LogP) is 7.38. The fourth-order valence-corrected chi connectivity index (χ4v) is 2.38. The third-order valence-electron chi connectivity index (χ3n) is 3.29. The zero-order valence-corrected chi connectivity index (χ0v) is 15.0. The fourth-order valence-electron chi connectivity index (χ4n) is 2.38. The smallest absolute Gasteiger partial charge is 0.0175 e. The highest BCUT2D eigenvalue weighted by molar-refractivity contribution is 5.74. The molecule has 0 spiro atoms. The monoisotopic (exact) mass is 304 g/mol. The Kier molecular flexibility index (Phi) is 8.46. The van der Waals surface area contributed by atoms with Crippen molar-refractivity contribution in [1.29, 1.82) is 0 Å². The van der Waals surface area contributed by atoms with Crippen LogP contribution in [-0.4, -0.2) is 0 Å². The summed E-state index contributed by atoms with van der Waals surface area (Å²) < 4.78 is 0. The highest BCUT2D eigenvalue weighted by Crippen LogP contribution is 2.27. The van der Waals surface area contributed by atoms with Crippen molar-refractivity contribution in [2.45, 2.75) is 34.6 Å². The van der Waals surface area contributed by atoms with Gasteiger partial charge in [-0.25, -0.2) is 0 Å². The molecule has 0 heterocycles. The average molecular weight is 304 g/mol. The lowest BCUT2D eigenvalue weighted by molar-refractivity contribution is 1.46. The van der Waals surface area contributed by atoms with Crippen LogP contribution in [0.25, 0.3) is 22.3 Å². The molecule has 0 unspecified atom stereocenters. The summed E-state index contributed by atoms with van der Waals surface area (Å²) in [6.45, 7) is 10.2. The number of hydrogen-bond donors (Lipinski definition) is 0. The Bertz CT molecular complexity index is 609. The zero-order chi connectivity index (χ0) is 17.1. The third kappa shape index (κ3) is 5.41. The van der Waals surface area contributed by atoms with Gasteiger partial charge in [0.25, 0.3) is 0 Å². The van der Waals surface area contributed by atoms with Crippen molar-refractivity contribution in [2.24, 2.45) is 0 Å². The molecule has 0 nitrogen and oxygen atoms in total. The Hall–Kier alpha value is -2.34. The highest BCUT2D eigenvalue weighted by Gasteiger charge is 2.02. The van der Waals surface area contributed by atoms with E-state index in [4.69, 9.17) is 0 Å². The summed E-state index contributed by atoms with van der Waals surface area (Å²) in [7, 11) is 0. The number of hydrogen-bond acceptors (Lipinski definition) is 0. The Morgan fingerprint density at radius 2 is 0.783 bits per heavy atom. The molecule has 3 rings (SSSR count). The standard InChI is InChI=1S/C19H16.2C2H6/c1-15-12-18(16-8-4-2-5-9-16)14-19(13-15)17-10-6-3-7-11-17;2*1-2/h2-14H,1H3;2*1-2H3. The van der Waals surface area contributed by atoms with E-state index < -0.39 is 0 Å². The van der Waals surface area contributed by atoms with Crippen LogP contribution in [0.4, 0.5) is 0 Å². The second-order valence-electron chi connectivity index (χ2n) is 4.82. The van der Waals surface area contributed by atoms with Gasteiger partial charge in [0, 0.05) is 0 Å². The van der Waals surface area contributed by atoms with E-state index in [1.54, 1.807) is 0 Å². The molecule has 0 aliphatic rings. The zero-order valence-electron chi connectivity index (χ0n) is 15.0. The van der Waals surface area contributed by atoms with E-state index in [1.807, 2.05) is 27.7 Å². The normalized spacial score (nSPS) is 9.09. The maximum Gasteiger partial charge on any atom is -0.0175 e. The maximum absolute atomic E-state index is 2.26. The largest absolute Gasteiger partial charge is 0.0683 e. The maximum atomic E-state index is 2.26. The van der Waals surface area contributed by atoms with Gasteiger partial charge in [0.05, 0.1) is 0 Å². The molecular formula is C23H28. The van der Waals surface area contributed by atoms with Gasteiger partial charge in [0.15, 0.2) is 0 Å². The minimum atomic E-state index is 1.27. The van der Waals surface area contributed by atoms with Crippen LogP contribution in [0.1, 0.15) is 33.3 Å². The van der Waals surface area contributed by atoms with Crippen molar-refractivity contribution >= 4 is 0 Å². The van der Waals surface area contributed by atoms with Crippen molar-refractivity contribution in [3.05, 3.63) is 84.4 Å². The Balaban J connectivity index is 0.000000615. The average Bonchev–Trinajstić information content (AvgIpc) is 2.66. The first kappa shape index (κ1) is 18.7. The lowest BCUT2D eigenvalue weighted by Crippen LogP contribution is -1.84. The van der Waals surface area contributed by atoms with Gasteiger partial charge >= 0.3 is 0 Å². The van der Waals surface area contributed by atoms with Crippen LogP contribution in [-0.2, 0) is 0 Å². The summed E-state index contributed by atoms with van der Waals surface area (Å²) in [4.78, 5) is 0. The van der Waals surface area contributed by atoms with E-state index in [1.165, 1.54) is 27.8 Å². The van der Waals surface area contributed by atoms with Gasteiger partial charge in [0.1, 0.15) is 0 Å². The van der Waals surface area contributed by atoms with Gasteiger partial charge in [-0.05, 0) is 40.8 Å².